The summed E-state index contributed by atoms with van der Waals surface area (Å²) in [5.74, 6) is -0.461. The number of aromatic nitrogens is 1. The van der Waals surface area contributed by atoms with Gasteiger partial charge in [0, 0.05) is 6.54 Å². The molecule has 1 aromatic heterocycles. The molecule has 1 unspecified atom stereocenters. The van der Waals surface area contributed by atoms with Crippen LogP contribution in [0.2, 0.25) is 0 Å². The molecule has 0 aliphatic rings. The topological polar surface area (TPSA) is 75.4 Å². The molecule has 5 nitrogen and oxygen atoms in total. The zero-order chi connectivity index (χ0) is 13.0. The predicted octanol–water partition coefficient (Wildman–Crippen LogP) is 1.46. The minimum atomic E-state index is -0.334. The number of nitrogens with one attached hydrogen (secondary N) is 1. The first-order valence-electron chi connectivity index (χ1n) is 5.95. The number of hydrogen-bond donors (Lipinski definition) is 2. The number of fused-ring (bicyclic) bond motifs is 1. The summed E-state index contributed by atoms with van der Waals surface area (Å²) in [6, 6.07) is 5.59. The predicted molar refractivity (Wildman–Crippen MR) is 66.7 cm³/mol. The molecule has 1 aromatic carbocycles. The smallest absolute Gasteiger partial charge is 0.225 e. The van der Waals surface area contributed by atoms with Crippen LogP contribution in [-0.2, 0) is 11.3 Å². The van der Waals surface area contributed by atoms with Gasteiger partial charge in [-0.1, -0.05) is 13.0 Å². The molecule has 1 heterocycles. The monoisotopic (exact) mass is 248 g/mol. The zero-order valence-electron chi connectivity index (χ0n) is 10.2. The van der Waals surface area contributed by atoms with Crippen LogP contribution in [0.25, 0.3) is 11.1 Å². The van der Waals surface area contributed by atoms with Crippen LogP contribution in [-0.4, -0.2) is 22.6 Å². The number of aliphatic hydroxyl groups is 1. The van der Waals surface area contributed by atoms with Crippen molar-refractivity contribution in [2.75, 3.05) is 6.61 Å². The Morgan fingerprint density at radius 2 is 2.39 bits per heavy atom. The lowest BCUT2D eigenvalue weighted by atomic mass is 10.1. The number of nitrogens with zero attached hydrogens (tertiary/aromatic N) is 1. The van der Waals surface area contributed by atoms with Crippen LogP contribution >= 0.6 is 0 Å². The Morgan fingerprint density at radius 1 is 1.56 bits per heavy atom. The maximum atomic E-state index is 11.7. The van der Waals surface area contributed by atoms with Gasteiger partial charge in [-0.2, -0.15) is 0 Å². The van der Waals surface area contributed by atoms with Gasteiger partial charge in [0.25, 0.3) is 0 Å². The van der Waals surface area contributed by atoms with Crippen molar-refractivity contribution in [3.63, 3.8) is 0 Å². The fraction of sp³-hybridized carbons (Fsp3) is 0.385. The van der Waals surface area contributed by atoms with Crippen LogP contribution < -0.4 is 5.32 Å². The first kappa shape index (κ1) is 12.6. The molecule has 1 amide bonds. The molecule has 2 rings (SSSR count). The van der Waals surface area contributed by atoms with Crippen molar-refractivity contribution >= 4 is 17.0 Å². The van der Waals surface area contributed by atoms with E-state index in [0.717, 1.165) is 11.1 Å². The number of rotatable bonds is 5. The molecule has 0 spiro atoms. The minimum absolute atomic E-state index is 0.122. The van der Waals surface area contributed by atoms with Crippen molar-refractivity contribution in [3.05, 3.63) is 30.2 Å². The van der Waals surface area contributed by atoms with Crippen molar-refractivity contribution in [2.24, 2.45) is 5.92 Å². The summed E-state index contributed by atoms with van der Waals surface area (Å²) in [4.78, 5) is 15.7. The number of aliphatic hydroxyl groups excluding tert-OH is 1. The van der Waals surface area contributed by atoms with Gasteiger partial charge in [-0.25, -0.2) is 4.98 Å². The molecule has 2 N–H and O–H groups in total. The van der Waals surface area contributed by atoms with Crippen LogP contribution in [0.15, 0.2) is 29.0 Å². The van der Waals surface area contributed by atoms with Crippen LogP contribution in [0, 0.1) is 5.92 Å². The van der Waals surface area contributed by atoms with E-state index >= 15 is 0 Å². The first-order chi connectivity index (χ1) is 8.74. The minimum Gasteiger partial charge on any atom is -0.443 e. The van der Waals surface area contributed by atoms with Gasteiger partial charge in [0.05, 0.1) is 12.5 Å². The van der Waals surface area contributed by atoms with E-state index in [9.17, 15) is 4.79 Å². The molecule has 2 aromatic rings. The second kappa shape index (κ2) is 5.64. The van der Waals surface area contributed by atoms with Gasteiger partial charge < -0.3 is 14.8 Å². The average molecular weight is 248 g/mol. The lowest BCUT2D eigenvalue weighted by Gasteiger charge is -2.11. The molecule has 0 bridgehead atoms. The Kier molecular flexibility index (Phi) is 3.94. The molecular formula is C13H16N2O3. The maximum absolute atomic E-state index is 11.7. The van der Waals surface area contributed by atoms with E-state index < -0.39 is 0 Å². The van der Waals surface area contributed by atoms with E-state index in [-0.39, 0.29) is 18.4 Å². The molecule has 0 fully saturated rings. The maximum Gasteiger partial charge on any atom is 0.225 e. The number of benzene rings is 1. The highest BCUT2D eigenvalue weighted by atomic mass is 16.3. The zero-order valence-corrected chi connectivity index (χ0v) is 10.2. The highest BCUT2D eigenvalue weighted by molar-refractivity contribution is 5.79. The molecule has 96 valence electrons. The number of carbonyl (C=O) groups excluding carboxylic acids is 1. The number of hydrogen-bond acceptors (Lipinski definition) is 4. The SMILES string of the molecule is CCC(CO)C(=O)NCc1ccc2ncoc2c1. The highest BCUT2D eigenvalue weighted by Crippen LogP contribution is 2.14. The summed E-state index contributed by atoms with van der Waals surface area (Å²) >= 11 is 0. The van der Waals surface area contributed by atoms with Crippen molar-refractivity contribution < 1.29 is 14.3 Å². The lowest BCUT2D eigenvalue weighted by molar-refractivity contribution is -0.126. The summed E-state index contributed by atoms with van der Waals surface area (Å²) in [6.45, 7) is 2.18. The summed E-state index contributed by atoms with van der Waals surface area (Å²) < 4.78 is 5.19. The van der Waals surface area contributed by atoms with Crippen LogP contribution in [0.1, 0.15) is 18.9 Å². The third-order valence-corrected chi connectivity index (χ3v) is 2.95. The fourth-order valence-electron chi connectivity index (χ4n) is 1.74. The normalized spacial score (nSPS) is 12.6. The van der Waals surface area contributed by atoms with E-state index in [1.54, 1.807) is 0 Å². The lowest BCUT2D eigenvalue weighted by Crippen LogP contribution is -2.31. The Hall–Kier alpha value is -1.88. The van der Waals surface area contributed by atoms with Gasteiger partial charge in [0.2, 0.25) is 5.91 Å². The van der Waals surface area contributed by atoms with Crippen molar-refractivity contribution in [3.8, 4) is 0 Å². The van der Waals surface area contributed by atoms with Gasteiger partial charge in [0.15, 0.2) is 12.0 Å². The van der Waals surface area contributed by atoms with E-state index in [2.05, 4.69) is 10.3 Å². The van der Waals surface area contributed by atoms with E-state index in [4.69, 9.17) is 9.52 Å². The number of oxazole rings is 1. The Labute approximate surface area is 105 Å². The molecule has 0 saturated carbocycles. The standard InChI is InChI=1S/C13H16N2O3/c1-2-10(7-16)13(17)14-6-9-3-4-11-12(5-9)18-8-15-11/h3-5,8,10,16H,2,6-7H2,1H3,(H,14,17). The van der Waals surface area contributed by atoms with E-state index in [1.165, 1.54) is 6.39 Å². The first-order valence-corrected chi connectivity index (χ1v) is 5.95. The molecule has 0 aliphatic heterocycles. The van der Waals surface area contributed by atoms with Crippen molar-refractivity contribution in [1.82, 2.24) is 10.3 Å². The Balaban J connectivity index is 1.99. The van der Waals surface area contributed by atoms with E-state index in [0.29, 0.717) is 18.5 Å². The van der Waals surface area contributed by atoms with Gasteiger partial charge in [0.1, 0.15) is 5.52 Å². The largest absolute Gasteiger partial charge is 0.443 e. The highest BCUT2D eigenvalue weighted by Gasteiger charge is 2.14. The Morgan fingerprint density at radius 3 is 3.11 bits per heavy atom. The van der Waals surface area contributed by atoms with E-state index in [1.807, 2.05) is 25.1 Å². The van der Waals surface area contributed by atoms with Gasteiger partial charge in [-0.3, -0.25) is 4.79 Å². The van der Waals surface area contributed by atoms with Crippen molar-refractivity contribution in [2.45, 2.75) is 19.9 Å². The van der Waals surface area contributed by atoms with Crippen LogP contribution in [0.4, 0.5) is 0 Å². The molecule has 1 atom stereocenters. The summed E-state index contributed by atoms with van der Waals surface area (Å²) in [7, 11) is 0. The molecule has 0 saturated heterocycles. The summed E-state index contributed by atoms with van der Waals surface area (Å²) in [5.41, 5.74) is 2.45. The second-order valence-corrected chi connectivity index (χ2v) is 4.16. The molecule has 18 heavy (non-hydrogen) atoms. The average Bonchev–Trinajstić information content (AvgIpc) is 2.85. The second-order valence-electron chi connectivity index (χ2n) is 4.16. The number of amides is 1. The summed E-state index contributed by atoms with van der Waals surface area (Å²) in [6.07, 6.45) is 2.02. The molecular weight excluding hydrogens is 232 g/mol. The third-order valence-electron chi connectivity index (χ3n) is 2.95. The van der Waals surface area contributed by atoms with Gasteiger partial charge >= 0.3 is 0 Å². The molecule has 5 heteroatoms. The molecule has 0 aliphatic carbocycles. The third kappa shape index (κ3) is 2.68. The summed E-state index contributed by atoms with van der Waals surface area (Å²) in [5, 5.41) is 11.8. The fourth-order valence-corrected chi connectivity index (χ4v) is 1.74. The number of carbonyl (C=O) groups is 1. The van der Waals surface area contributed by atoms with Crippen LogP contribution in [0.3, 0.4) is 0 Å². The quantitative estimate of drug-likeness (QED) is 0.840. The van der Waals surface area contributed by atoms with Crippen LogP contribution in [0.5, 0.6) is 0 Å². The Bertz CT molecular complexity index is 532. The van der Waals surface area contributed by atoms with Gasteiger partial charge in [-0.15, -0.1) is 0 Å². The molecule has 0 radical (unpaired) electrons. The van der Waals surface area contributed by atoms with Gasteiger partial charge in [-0.05, 0) is 24.1 Å². The van der Waals surface area contributed by atoms with Crippen molar-refractivity contribution in [1.29, 1.82) is 0 Å².